The van der Waals surface area contributed by atoms with E-state index < -0.39 is 5.97 Å². The summed E-state index contributed by atoms with van der Waals surface area (Å²) >= 11 is 0. The summed E-state index contributed by atoms with van der Waals surface area (Å²) in [7, 11) is 0. The van der Waals surface area contributed by atoms with Gasteiger partial charge < -0.3 is 5.11 Å². The first-order valence-electron chi connectivity index (χ1n) is 5.26. The number of allylic oxidation sites excluding steroid dienone is 3. The van der Waals surface area contributed by atoms with Crippen LogP contribution in [0.1, 0.15) is 45.4 Å². The van der Waals surface area contributed by atoms with E-state index in [1.165, 1.54) is 31.8 Å². The van der Waals surface area contributed by atoms with Gasteiger partial charge in [-0.1, -0.05) is 17.2 Å². The summed E-state index contributed by atoms with van der Waals surface area (Å²) in [5.41, 5.74) is 2.51. The quantitative estimate of drug-likeness (QED) is 0.550. The van der Waals surface area contributed by atoms with Crippen LogP contribution in [0.25, 0.3) is 0 Å². The molecule has 1 rings (SSSR count). The van der Waals surface area contributed by atoms with Gasteiger partial charge in [-0.15, -0.1) is 0 Å². The largest absolute Gasteiger partial charge is 0.478 e. The Kier molecular flexibility index (Phi) is 4.44. The Morgan fingerprint density at radius 2 is 2.07 bits per heavy atom. The number of aliphatic carboxylic acids is 1. The van der Waals surface area contributed by atoms with Gasteiger partial charge in [0.25, 0.3) is 0 Å². The van der Waals surface area contributed by atoms with Crippen molar-refractivity contribution in [2.75, 3.05) is 0 Å². The fourth-order valence-electron chi connectivity index (χ4n) is 1.82. The van der Waals surface area contributed by atoms with Gasteiger partial charge in [0.15, 0.2) is 0 Å². The molecule has 2 heteroatoms. The maximum atomic E-state index is 10.3. The molecule has 0 aliphatic heterocycles. The number of hydrogen-bond acceptors (Lipinski definition) is 1. The SMILES string of the molecule is CC(=CC(=O)O)CCC=C1CCCC1. The van der Waals surface area contributed by atoms with E-state index in [1.54, 1.807) is 5.57 Å². The van der Waals surface area contributed by atoms with Gasteiger partial charge in [-0.25, -0.2) is 4.79 Å². The third-order valence-electron chi connectivity index (χ3n) is 2.59. The maximum absolute atomic E-state index is 10.3. The van der Waals surface area contributed by atoms with Gasteiger partial charge in [0, 0.05) is 6.08 Å². The van der Waals surface area contributed by atoms with Gasteiger partial charge >= 0.3 is 5.97 Å². The second-order valence-corrected chi connectivity index (χ2v) is 3.94. The average molecular weight is 194 g/mol. The highest BCUT2D eigenvalue weighted by atomic mass is 16.4. The van der Waals surface area contributed by atoms with Crippen molar-refractivity contribution in [3.8, 4) is 0 Å². The Morgan fingerprint density at radius 3 is 2.64 bits per heavy atom. The lowest BCUT2D eigenvalue weighted by molar-refractivity contribution is -0.131. The zero-order chi connectivity index (χ0) is 10.4. The van der Waals surface area contributed by atoms with Crippen LogP contribution in [0.2, 0.25) is 0 Å². The topological polar surface area (TPSA) is 37.3 Å². The monoisotopic (exact) mass is 194 g/mol. The Balaban J connectivity index is 2.26. The van der Waals surface area contributed by atoms with Crippen molar-refractivity contribution in [1.29, 1.82) is 0 Å². The molecule has 0 spiro atoms. The van der Waals surface area contributed by atoms with Gasteiger partial charge in [-0.2, -0.15) is 0 Å². The van der Waals surface area contributed by atoms with Gasteiger partial charge in [0.2, 0.25) is 0 Å². The highest BCUT2D eigenvalue weighted by Crippen LogP contribution is 2.24. The molecule has 0 unspecified atom stereocenters. The summed E-state index contributed by atoms with van der Waals surface area (Å²) in [4.78, 5) is 10.3. The molecule has 0 aromatic carbocycles. The lowest BCUT2D eigenvalue weighted by Crippen LogP contribution is -1.89. The number of rotatable bonds is 4. The molecule has 0 aromatic heterocycles. The Labute approximate surface area is 85.3 Å². The van der Waals surface area contributed by atoms with Gasteiger partial charge in [0.1, 0.15) is 0 Å². The van der Waals surface area contributed by atoms with Crippen molar-refractivity contribution >= 4 is 5.97 Å². The fraction of sp³-hybridized carbons (Fsp3) is 0.583. The summed E-state index contributed by atoms with van der Waals surface area (Å²) in [6, 6.07) is 0. The summed E-state index contributed by atoms with van der Waals surface area (Å²) in [5, 5.41) is 8.50. The first-order valence-corrected chi connectivity index (χ1v) is 5.26. The highest BCUT2D eigenvalue weighted by molar-refractivity contribution is 5.80. The second-order valence-electron chi connectivity index (χ2n) is 3.94. The predicted molar refractivity (Wildman–Crippen MR) is 57.2 cm³/mol. The van der Waals surface area contributed by atoms with E-state index in [2.05, 4.69) is 6.08 Å². The van der Waals surface area contributed by atoms with E-state index in [0.717, 1.165) is 18.4 Å². The highest BCUT2D eigenvalue weighted by Gasteiger charge is 2.05. The molecular formula is C12H18O2. The Bertz CT molecular complexity index is 253. The van der Waals surface area contributed by atoms with E-state index in [9.17, 15) is 4.79 Å². The van der Waals surface area contributed by atoms with Gasteiger partial charge in [0.05, 0.1) is 0 Å². The average Bonchev–Trinajstić information content (AvgIpc) is 2.55. The van der Waals surface area contributed by atoms with E-state index in [-0.39, 0.29) is 0 Å². The molecule has 0 aromatic rings. The second kappa shape index (κ2) is 5.63. The van der Waals surface area contributed by atoms with Crippen molar-refractivity contribution in [2.45, 2.75) is 45.4 Å². The van der Waals surface area contributed by atoms with Crippen molar-refractivity contribution in [3.63, 3.8) is 0 Å². The molecule has 1 aliphatic carbocycles. The zero-order valence-electron chi connectivity index (χ0n) is 8.75. The van der Waals surface area contributed by atoms with Gasteiger partial charge in [-0.3, -0.25) is 0 Å². The molecule has 0 saturated heterocycles. The molecule has 2 nitrogen and oxygen atoms in total. The third kappa shape index (κ3) is 4.26. The standard InChI is InChI=1S/C12H18O2/c1-10(9-12(13)14)5-4-8-11-6-2-3-7-11/h8-9H,2-7H2,1H3,(H,13,14). The van der Waals surface area contributed by atoms with Crippen LogP contribution in [-0.2, 0) is 4.79 Å². The molecule has 0 atom stereocenters. The minimum atomic E-state index is -0.837. The number of carboxylic acids is 1. The lowest BCUT2D eigenvalue weighted by atomic mass is 10.1. The summed E-state index contributed by atoms with van der Waals surface area (Å²) in [6.07, 6.45) is 10.6. The van der Waals surface area contributed by atoms with E-state index in [0.29, 0.717) is 0 Å². The number of hydrogen-bond donors (Lipinski definition) is 1. The number of carbonyl (C=O) groups is 1. The van der Waals surface area contributed by atoms with Gasteiger partial charge in [-0.05, 0) is 45.4 Å². The molecule has 0 amide bonds. The molecule has 1 N–H and O–H groups in total. The fourth-order valence-corrected chi connectivity index (χ4v) is 1.82. The van der Waals surface area contributed by atoms with E-state index >= 15 is 0 Å². The molecule has 0 radical (unpaired) electrons. The molecular weight excluding hydrogens is 176 g/mol. The smallest absolute Gasteiger partial charge is 0.328 e. The van der Waals surface area contributed by atoms with Crippen LogP contribution in [0.3, 0.4) is 0 Å². The molecule has 1 aliphatic rings. The zero-order valence-corrected chi connectivity index (χ0v) is 8.75. The molecule has 1 fully saturated rings. The summed E-state index contributed by atoms with van der Waals surface area (Å²) in [5.74, 6) is -0.837. The first kappa shape index (κ1) is 11.0. The van der Waals surface area contributed by atoms with Crippen LogP contribution in [0.5, 0.6) is 0 Å². The van der Waals surface area contributed by atoms with Crippen LogP contribution in [0, 0.1) is 0 Å². The van der Waals surface area contributed by atoms with Crippen LogP contribution in [0.15, 0.2) is 23.3 Å². The van der Waals surface area contributed by atoms with E-state index in [1.807, 2.05) is 6.92 Å². The first-order chi connectivity index (χ1) is 6.68. The third-order valence-corrected chi connectivity index (χ3v) is 2.59. The summed E-state index contributed by atoms with van der Waals surface area (Å²) < 4.78 is 0. The van der Waals surface area contributed by atoms with Crippen molar-refractivity contribution in [2.24, 2.45) is 0 Å². The Hall–Kier alpha value is -1.05. The van der Waals surface area contributed by atoms with E-state index in [4.69, 9.17) is 5.11 Å². The maximum Gasteiger partial charge on any atom is 0.328 e. The lowest BCUT2D eigenvalue weighted by Gasteiger charge is -1.98. The van der Waals surface area contributed by atoms with Crippen molar-refractivity contribution in [3.05, 3.63) is 23.3 Å². The minimum Gasteiger partial charge on any atom is -0.478 e. The van der Waals surface area contributed by atoms with Crippen LogP contribution in [-0.4, -0.2) is 11.1 Å². The molecule has 0 bridgehead atoms. The van der Waals surface area contributed by atoms with Crippen LogP contribution >= 0.6 is 0 Å². The molecule has 78 valence electrons. The summed E-state index contributed by atoms with van der Waals surface area (Å²) in [6.45, 7) is 1.88. The molecule has 1 saturated carbocycles. The normalized spacial score (nSPS) is 17.2. The molecule has 0 heterocycles. The van der Waals surface area contributed by atoms with Crippen molar-refractivity contribution in [1.82, 2.24) is 0 Å². The Morgan fingerprint density at radius 1 is 1.43 bits per heavy atom. The van der Waals surface area contributed by atoms with Crippen LogP contribution < -0.4 is 0 Å². The van der Waals surface area contributed by atoms with Crippen molar-refractivity contribution < 1.29 is 9.90 Å². The van der Waals surface area contributed by atoms with Crippen LogP contribution in [0.4, 0.5) is 0 Å². The predicted octanol–water partition coefficient (Wildman–Crippen LogP) is 3.30. The molecule has 14 heavy (non-hydrogen) atoms. The number of carboxylic acid groups (broad SMARTS) is 1. The minimum absolute atomic E-state index is 0.837.